The summed E-state index contributed by atoms with van der Waals surface area (Å²) in [6.45, 7) is 5.98. The zero-order valence-electron chi connectivity index (χ0n) is 13.3. The van der Waals surface area contributed by atoms with E-state index in [9.17, 15) is 19.2 Å². The Kier molecular flexibility index (Phi) is 9.06. The van der Waals surface area contributed by atoms with Crippen LogP contribution in [0, 0.1) is 0 Å². The molecule has 0 aliphatic rings. The Hall–Kier alpha value is -1.42. The number of esters is 1. The summed E-state index contributed by atoms with van der Waals surface area (Å²) in [5, 5.41) is 10.5. The van der Waals surface area contributed by atoms with Crippen molar-refractivity contribution >= 4 is 47.5 Å². The van der Waals surface area contributed by atoms with Gasteiger partial charge in [-0.25, -0.2) is 9.59 Å². The molecule has 0 aliphatic heterocycles. The molecule has 0 radical (unpaired) electrons. The third-order valence-electron chi connectivity index (χ3n) is 2.38. The molecule has 0 saturated carbocycles. The summed E-state index contributed by atoms with van der Waals surface area (Å²) in [5.74, 6) is -2.63. The fourth-order valence-corrected chi connectivity index (χ4v) is 1.92. The molecule has 0 rings (SSSR count). The van der Waals surface area contributed by atoms with Crippen LogP contribution in [0.25, 0.3) is 0 Å². The van der Waals surface area contributed by atoms with Gasteiger partial charge in [0.25, 0.3) is 0 Å². The van der Waals surface area contributed by atoms with Crippen molar-refractivity contribution in [2.24, 2.45) is 0 Å². The standard InChI is InChI=1S/C13H21NO7S2/c1-5-9(15)20-7(2)21-12(19)23-6-8(10(16)17)14-11(18)13(3,4)22/h7-8,22H,5-6H2,1-4H3,(H,14,18)(H,16,17)/t7-,8+/m1/s1. The number of carboxylic acid groups (broad SMARTS) is 1. The molecule has 0 fully saturated rings. The van der Waals surface area contributed by atoms with E-state index in [2.05, 4.69) is 17.9 Å². The van der Waals surface area contributed by atoms with E-state index in [1.54, 1.807) is 6.92 Å². The summed E-state index contributed by atoms with van der Waals surface area (Å²) in [5.41, 5.74) is 0. The van der Waals surface area contributed by atoms with Crippen molar-refractivity contribution in [2.75, 3.05) is 5.75 Å². The summed E-state index contributed by atoms with van der Waals surface area (Å²) in [7, 11) is 0. The van der Waals surface area contributed by atoms with Gasteiger partial charge in [0, 0.05) is 19.1 Å². The van der Waals surface area contributed by atoms with Crippen molar-refractivity contribution < 1.29 is 33.8 Å². The third-order valence-corrected chi connectivity index (χ3v) is 3.41. The normalized spacial score (nSPS) is 13.6. The molecule has 8 nitrogen and oxygen atoms in total. The predicted molar refractivity (Wildman–Crippen MR) is 87.4 cm³/mol. The second kappa shape index (κ2) is 9.66. The molecule has 0 aliphatic carbocycles. The maximum Gasteiger partial charge on any atom is 0.370 e. The quantitative estimate of drug-likeness (QED) is 0.335. The highest BCUT2D eigenvalue weighted by atomic mass is 32.2. The molecular weight excluding hydrogens is 346 g/mol. The van der Waals surface area contributed by atoms with E-state index >= 15 is 0 Å². The van der Waals surface area contributed by atoms with Crippen LogP contribution >= 0.6 is 24.4 Å². The Morgan fingerprint density at radius 1 is 1.26 bits per heavy atom. The number of carbonyl (C=O) groups excluding carboxylic acids is 3. The third kappa shape index (κ3) is 9.34. The van der Waals surface area contributed by atoms with E-state index in [1.807, 2.05) is 0 Å². The molecule has 10 heteroatoms. The first kappa shape index (κ1) is 21.6. The van der Waals surface area contributed by atoms with Crippen LogP contribution in [0.2, 0.25) is 0 Å². The van der Waals surface area contributed by atoms with Crippen LogP contribution in [0.4, 0.5) is 4.79 Å². The Morgan fingerprint density at radius 3 is 2.26 bits per heavy atom. The van der Waals surface area contributed by atoms with Gasteiger partial charge >= 0.3 is 17.2 Å². The van der Waals surface area contributed by atoms with E-state index in [4.69, 9.17) is 14.6 Å². The minimum absolute atomic E-state index is 0.141. The Morgan fingerprint density at radius 2 is 1.83 bits per heavy atom. The highest BCUT2D eigenvalue weighted by molar-refractivity contribution is 8.13. The Bertz CT molecular complexity index is 462. The zero-order valence-corrected chi connectivity index (χ0v) is 15.0. The van der Waals surface area contributed by atoms with Crippen LogP contribution < -0.4 is 5.32 Å². The number of hydrogen-bond acceptors (Lipinski definition) is 8. The Labute approximate surface area is 144 Å². The molecule has 2 atom stereocenters. The first-order chi connectivity index (χ1) is 10.5. The van der Waals surface area contributed by atoms with Gasteiger partial charge in [0.1, 0.15) is 6.04 Å². The van der Waals surface area contributed by atoms with Crippen molar-refractivity contribution in [3.05, 3.63) is 0 Å². The van der Waals surface area contributed by atoms with Gasteiger partial charge in [0.2, 0.25) is 12.2 Å². The summed E-state index contributed by atoms with van der Waals surface area (Å²) in [6, 6.07) is -1.28. The summed E-state index contributed by atoms with van der Waals surface area (Å²) in [6.07, 6.45) is -0.932. The predicted octanol–water partition coefficient (Wildman–Crippen LogP) is 1.43. The number of carboxylic acids is 1. The second-order valence-electron chi connectivity index (χ2n) is 5.01. The second-order valence-corrected chi connectivity index (χ2v) is 7.09. The lowest BCUT2D eigenvalue weighted by molar-refractivity contribution is -0.163. The zero-order chi connectivity index (χ0) is 18.2. The van der Waals surface area contributed by atoms with E-state index in [0.29, 0.717) is 11.8 Å². The van der Waals surface area contributed by atoms with Crippen LogP contribution in [-0.4, -0.2) is 51.1 Å². The van der Waals surface area contributed by atoms with Crippen molar-refractivity contribution in [2.45, 2.75) is 51.2 Å². The molecule has 0 spiro atoms. The Balaban J connectivity index is 4.42. The summed E-state index contributed by atoms with van der Waals surface area (Å²) < 4.78 is 8.47. The minimum Gasteiger partial charge on any atom is -0.480 e. The van der Waals surface area contributed by atoms with E-state index < -0.39 is 40.2 Å². The topological polar surface area (TPSA) is 119 Å². The number of aliphatic carboxylic acids is 1. The molecule has 0 aromatic heterocycles. The molecule has 0 bridgehead atoms. The molecule has 1 amide bonds. The van der Waals surface area contributed by atoms with Gasteiger partial charge < -0.3 is 19.9 Å². The van der Waals surface area contributed by atoms with Gasteiger partial charge in [0.15, 0.2) is 0 Å². The van der Waals surface area contributed by atoms with Gasteiger partial charge in [-0.3, -0.25) is 9.59 Å². The first-order valence-corrected chi connectivity index (χ1v) is 8.19. The van der Waals surface area contributed by atoms with Crippen LogP contribution in [0.15, 0.2) is 0 Å². The van der Waals surface area contributed by atoms with Crippen LogP contribution in [0.3, 0.4) is 0 Å². The molecule has 132 valence electrons. The monoisotopic (exact) mass is 367 g/mol. The van der Waals surface area contributed by atoms with E-state index in [0.717, 1.165) is 0 Å². The smallest absolute Gasteiger partial charge is 0.370 e. The highest BCUT2D eigenvalue weighted by Gasteiger charge is 2.29. The lowest BCUT2D eigenvalue weighted by Crippen LogP contribution is -2.48. The molecule has 0 unspecified atom stereocenters. The SMILES string of the molecule is CCC(=O)O[C@@H](C)OC(=O)SC[C@H](NC(=O)C(C)(C)S)C(=O)O. The number of hydrogen-bond donors (Lipinski definition) is 3. The molecule has 2 N–H and O–H groups in total. The molecule has 0 saturated heterocycles. The lowest BCUT2D eigenvalue weighted by atomic mass is 10.2. The summed E-state index contributed by atoms with van der Waals surface area (Å²) in [4.78, 5) is 45.4. The number of rotatable bonds is 8. The average molecular weight is 367 g/mol. The van der Waals surface area contributed by atoms with Gasteiger partial charge in [-0.05, 0) is 25.6 Å². The first-order valence-electron chi connectivity index (χ1n) is 6.76. The van der Waals surface area contributed by atoms with Crippen molar-refractivity contribution in [3.63, 3.8) is 0 Å². The van der Waals surface area contributed by atoms with E-state index in [-0.39, 0.29) is 12.2 Å². The fourth-order valence-electron chi connectivity index (χ4n) is 1.12. The van der Waals surface area contributed by atoms with Crippen LogP contribution in [-0.2, 0) is 23.9 Å². The number of thiol groups is 1. The highest BCUT2D eigenvalue weighted by Crippen LogP contribution is 2.14. The average Bonchev–Trinajstić information content (AvgIpc) is 2.41. The number of ether oxygens (including phenoxy) is 2. The van der Waals surface area contributed by atoms with E-state index in [1.165, 1.54) is 20.8 Å². The van der Waals surface area contributed by atoms with Crippen LogP contribution in [0.1, 0.15) is 34.1 Å². The molecule has 0 aromatic rings. The number of thioether (sulfide) groups is 1. The fraction of sp³-hybridized carbons (Fsp3) is 0.692. The molecular formula is C13H21NO7S2. The maximum atomic E-state index is 11.7. The molecule has 0 aromatic carbocycles. The largest absolute Gasteiger partial charge is 0.480 e. The molecule has 0 heterocycles. The van der Waals surface area contributed by atoms with Gasteiger partial charge in [-0.15, -0.1) is 0 Å². The summed E-state index contributed by atoms with van der Waals surface area (Å²) >= 11 is 4.59. The van der Waals surface area contributed by atoms with Crippen molar-refractivity contribution in [1.82, 2.24) is 5.32 Å². The van der Waals surface area contributed by atoms with Crippen molar-refractivity contribution in [1.29, 1.82) is 0 Å². The van der Waals surface area contributed by atoms with Gasteiger partial charge in [-0.2, -0.15) is 12.6 Å². The van der Waals surface area contributed by atoms with Crippen LogP contribution in [0.5, 0.6) is 0 Å². The number of carbonyl (C=O) groups is 4. The maximum absolute atomic E-state index is 11.7. The van der Waals surface area contributed by atoms with Gasteiger partial charge in [-0.1, -0.05) is 6.92 Å². The minimum atomic E-state index is -1.29. The molecule has 23 heavy (non-hydrogen) atoms. The lowest BCUT2D eigenvalue weighted by Gasteiger charge is -2.21. The number of nitrogens with one attached hydrogen (secondary N) is 1. The van der Waals surface area contributed by atoms with Crippen molar-refractivity contribution in [3.8, 4) is 0 Å². The van der Waals surface area contributed by atoms with Gasteiger partial charge in [0.05, 0.1) is 4.75 Å². The number of amides is 1.